The SMILES string of the molecule is COC(=O)c1ccc(Cl)cc1NC(=O)[C@@H]1Cc2ccccc2C(=O)O1. The van der Waals surface area contributed by atoms with E-state index < -0.39 is 23.9 Å². The fraction of sp³-hybridized carbons (Fsp3) is 0.167. The van der Waals surface area contributed by atoms with Crippen LogP contribution in [0, 0.1) is 0 Å². The number of methoxy groups -OCH3 is 1. The van der Waals surface area contributed by atoms with E-state index in [0.717, 1.165) is 5.56 Å². The first kappa shape index (κ1) is 17.0. The first-order chi connectivity index (χ1) is 12.0. The summed E-state index contributed by atoms with van der Waals surface area (Å²) < 4.78 is 9.89. The number of nitrogens with one attached hydrogen (secondary N) is 1. The topological polar surface area (TPSA) is 81.7 Å². The Morgan fingerprint density at radius 3 is 2.76 bits per heavy atom. The minimum atomic E-state index is -0.994. The lowest BCUT2D eigenvalue weighted by atomic mass is 9.98. The fourth-order valence-electron chi connectivity index (χ4n) is 2.60. The van der Waals surface area contributed by atoms with Gasteiger partial charge < -0.3 is 14.8 Å². The molecule has 0 fully saturated rings. The summed E-state index contributed by atoms with van der Waals surface area (Å²) in [4.78, 5) is 36.4. The predicted molar refractivity (Wildman–Crippen MR) is 90.8 cm³/mol. The number of ether oxygens (including phenoxy) is 2. The summed E-state index contributed by atoms with van der Waals surface area (Å²) in [6, 6.07) is 11.3. The molecule has 1 aliphatic rings. The number of amides is 1. The van der Waals surface area contributed by atoms with Gasteiger partial charge in [0.1, 0.15) is 0 Å². The van der Waals surface area contributed by atoms with E-state index in [4.69, 9.17) is 16.3 Å². The Bertz CT molecular complexity index is 864. The Morgan fingerprint density at radius 1 is 1.24 bits per heavy atom. The lowest BCUT2D eigenvalue weighted by Crippen LogP contribution is -2.38. The molecule has 6 nitrogen and oxygen atoms in total. The molecule has 0 saturated heterocycles. The van der Waals surface area contributed by atoms with Gasteiger partial charge in [-0.1, -0.05) is 29.8 Å². The molecule has 128 valence electrons. The average molecular weight is 360 g/mol. The molecule has 1 amide bonds. The van der Waals surface area contributed by atoms with Crippen LogP contribution >= 0.6 is 11.6 Å². The van der Waals surface area contributed by atoms with Crippen molar-refractivity contribution >= 4 is 35.1 Å². The number of rotatable bonds is 3. The van der Waals surface area contributed by atoms with Crippen molar-refractivity contribution in [2.75, 3.05) is 12.4 Å². The van der Waals surface area contributed by atoms with Gasteiger partial charge in [0.2, 0.25) is 0 Å². The smallest absolute Gasteiger partial charge is 0.339 e. The largest absolute Gasteiger partial charge is 0.465 e. The van der Waals surface area contributed by atoms with Crippen molar-refractivity contribution in [3.05, 3.63) is 64.2 Å². The average Bonchev–Trinajstić information content (AvgIpc) is 2.61. The van der Waals surface area contributed by atoms with Crippen LogP contribution < -0.4 is 5.32 Å². The zero-order valence-corrected chi connectivity index (χ0v) is 14.0. The number of carbonyl (C=O) groups is 3. The summed E-state index contributed by atoms with van der Waals surface area (Å²) in [7, 11) is 1.24. The molecule has 1 heterocycles. The summed E-state index contributed by atoms with van der Waals surface area (Å²) in [6.07, 6.45) is -0.742. The van der Waals surface area contributed by atoms with Gasteiger partial charge in [0.25, 0.3) is 5.91 Å². The molecule has 25 heavy (non-hydrogen) atoms. The summed E-state index contributed by atoms with van der Waals surface area (Å²) in [5.74, 6) is -1.71. The van der Waals surface area contributed by atoms with Crippen LogP contribution in [0.5, 0.6) is 0 Å². The number of hydrogen-bond acceptors (Lipinski definition) is 5. The second-order valence-electron chi connectivity index (χ2n) is 5.43. The maximum absolute atomic E-state index is 12.5. The van der Waals surface area contributed by atoms with Crippen molar-refractivity contribution in [3.63, 3.8) is 0 Å². The van der Waals surface area contributed by atoms with E-state index in [9.17, 15) is 14.4 Å². The number of esters is 2. The second-order valence-corrected chi connectivity index (χ2v) is 5.86. The number of carbonyl (C=O) groups excluding carboxylic acids is 3. The van der Waals surface area contributed by atoms with E-state index in [0.29, 0.717) is 10.6 Å². The molecule has 2 aromatic rings. The third-order valence-corrected chi connectivity index (χ3v) is 4.06. The van der Waals surface area contributed by atoms with Gasteiger partial charge in [-0.15, -0.1) is 0 Å². The first-order valence-corrected chi connectivity index (χ1v) is 7.85. The Labute approximate surface area is 148 Å². The van der Waals surface area contributed by atoms with Gasteiger partial charge in [-0.2, -0.15) is 0 Å². The number of fused-ring (bicyclic) bond motifs is 1. The molecule has 1 aliphatic heterocycles. The van der Waals surface area contributed by atoms with Crippen LogP contribution in [0.25, 0.3) is 0 Å². The van der Waals surface area contributed by atoms with Crippen LogP contribution in [0.2, 0.25) is 5.02 Å². The molecule has 0 bridgehead atoms. The lowest BCUT2D eigenvalue weighted by molar-refractivity contribution is -0.125. The van der Waals surface area contributed by atoms with Crippen molar-refractivity contribution in [3.8, 4) is 0 Å². The van der Waals surface area contributed by atoms with E-state index in [1.807, 2.05) is 0 Å². The molecular weight excluding hydrogens is 346 g/mol. The zero-order valence-electron chi connectivity index (χ0n) is 13.2. The summed E-state index contributed by atoms with van der Waals surface area (Å²) in [6.45, 7) is 0. The number of benzene rings is 2. The van der Waals surface area contributed by atoms with Crippen LogP contribution in [0.1, 0.15) is 26.3 Å². The lowest BCUT2D eigenvalue weighted by Gasteiger charge is -2.24. The third-order valence-electron chi connectivity index (χ3n) is 3.83. The Balaban J connectivity index is 1.83. The zero-order chi connectivity index (χ0) is 18.0. The third kappa shape index (κ3) is 3.49. The molecular formula is C18H14ClNO5. The van der Waals surface area contributed by atoms with Crippen LogP contribution in [-0.4, -0.2) is 31.1 Å². The number of anilines is 1. The molecule has 0 spiro atoms. The normalized spacial score (nSPS) is 15.8. The Kier molecular flexibility index (Phi) is 4.72. The van der Waals surface area contributed by atoms with Gasteiger partial charge >= 0.3 is 11.9 Å². The summed E-state index contributed by atoms with van der Waals surface area (Å²) in [5.41, 5.74) is 1.53. The monoisotopic (exact) mass is 359 g/mol. The van der Waals surface area contributed by atoms with Crippen molar-refractivity contribution < 1.29 is 23.9 Å². The minimum absolute atomic E-state index is 0.155. The van der Waals surface area contributed by atoms with Crippen molar-refractivity contribution in [2.45, 2.75) is 12.5 Å². The van der Waals surface area contributed by atoms with Gasteiger partial charge in [0, 0.05) is 11.4 Å². The molecule has 0 aromatic heterocycles. The minimum Gasteiger partial charge on any atom is -0.465 e. The van der Waals surface area contributed by atoms with Crippen LogP contribution in [0.3, 0.4) is 0 Å². The van der Waals surface area contributed by atoms with Crippen LogP contribution in [0.15, 0.2) is 42.5 Å². The number of cyclic esters (lactones) is 1. The van der Waals surface area contributed by atoms with E-state index in [1.54, 1.807) is 24.3 Å². The number of hydrogen-bond donors (Lipinski definition) is 1. The summed E-state index contributed by atoms with van der Waals surface area (Å²) in [5, 5.41) is 2.93. The molecule has 7 heteroatoms. The maximum Gasteiger partial charge on any atom is 0.339 e. The van der Waals surface area contributed by atoms with Gasteiger partial charge in [-0.3, -0.25) is 4.79 Å². The first-order valence-electron chi connectivity index (χ1n) is 7.47. The molecule has 0 unspecified atom stereocenters. The highest BCUT2D eigenvalue weighted by atomic mass is 35.5. The highest BCUT2D eigenvalue weighted by molar-refractivity contribution is 6.31. The highest BCUT2D eigenvalue weighted by Gasteiger charge is 2.31. The van der Waals surface area contributed by atoms with Crippen molar-refractivity contribution in [1.29, 1.82) is 0 Å². The molecule has 0 aliphatic carbocycles. The van der Waals surface area contributed by atoms with Gasteiger partial charge in [-0.05, 0) is 29.8 Å². The van der Waals surface area contributed by atoms with E-state index in [2.05, 4.69) is 10.1 Å². The summed E-state index contributed by atoms with van der Waals surface area (Å²) >= 11 is 5.94. The molecule has 1 N–H and O–H groups in total. The molecule has 2 aromatic carbocycles. The van der Waals surface area contributed by atoms with E-state index in [1.165, 1.54) is 25.3 Å². The van der Waals surface area contributed by atoms with E-state index >= 15 is 0 Å². The fourth-order valence-corrected chi connectivity index (χ4v) is 2.77. The molecule has 1 atom stereocenters. The van der Waals surface area contributed by atoms with E-state index in [-0.39, 0.29) is 17.7 Å². The standard InChI is InChI=1S/C18H14ClNO5/c1-24-17(22)13-7-6-11(19)9-14(13)20-16(21)15-8-10-4-2-3-5-12(10)18(23)25-15/h2-7,9,15H,8H2,1H3,(H,20,21)/t15-/m0/s1. The Hall–Kier alpha value is -2.86. The van der Waals surface area contributed by atoms with Crippen molar-refractivity contribution in [2.24, 2.45) is 0 Å². The maximum atomic E-state index is 12.5. The number of halogens is 1. The quantitative estimate of drug-likeness (QED) is 0.852. The van der Waals surface area contributed by atoms with Gasteiger partial charge in [0.15, 0.2) is 6.10 Å². The molecule has 0 saturated carbocycles. The van der Waals surface area contributed by atoms with Gasteiger partial charge in [-0.25, -0.2) is 9.59 Å². The second kappa shape index (κ2) is 6.94. The Morgan fingerprint density at radius 2 is 2.00 bits per heavy atom. The van der Waals surface area contributed by atoms with Crippen LogP contribution in [0.4, 0.5) is 5.69 Å². The molecule has 3 rings (SSSR count). The van der Waals surface area contributed by atoms with Crippen LogP contribution in [-0.2, 0) is 20.7 Å². The van der Waals surface area contributed by atoms with Gasteiger partial charge in [0.05, 0.1) is 23.9 Å². The van der Waals surface area contributed by atoms with Crippen molar-refractivity contribution in [1.82, 2.24) is 0 Å². The predicted octanol–water partition coefficient (Wildman–Crippen LogP) is 2.85. The molecule has 0 radical (unpaired) electrons. The highest BCUT2D eigenvalue weighted by Crippen LogP contribution is 2.25.